The Morgan fingerprint density at radius 3 is 2.65 bits per heavy atom. The summed E-state index contributed by atoms with van der Waals surface area (Å²) in [5.41, 5.74) is 1.12. The van der Waals surface area contributed by atoms with Gasteiger partial charge in [0.2, 0.25) is 0 Å². The van der Waals surface area contributed by atoms with Crippen LogP contribution in [0.3, 0.4) is 0 Å². The first-order valence-corrected chi connectivity index (χ1v) is 7.37. The van der Waals surface area contributed by atoms with E-state index in [0.29, 0.717) is 4.47 Å². The minimum Gasteiger partial charge on any atom is -0.298 e. The van der Waals surface area contributed by atoms with Gasteiger partial charge in [-0.05, 0) is 67.5 Å². The standard InChI is InChI=1S/C17H21BrFN/c1-17(2,3)10-6-5-7-11-20(4)13-14-8-9-16(19)15(18)12-14/h5,7-9,12H,11,13H2,1-4H3/b7-5+. The van der Waals surface area contributed by atoms with E-state index in [1.165, 1.54) is 6.07 Å². The van der Waals surface area contributed by atoms with Crippen molar-refractivity contribution in [1.29, 1.82) is 0 Å². The number of likely N-dealkylation sites (N-methyl/N-ethyl adjacent to an activating group) is 1. The van der Waals surface area contributed by atoms with E-state index in [2.05, 4.69) is 53.4 Å². The average Bonchev–Trinajstić information content (AvgIpc) is 2.32. The van der Waals surface area contributed by atoms with E-state index >= 15 is 0 Å². The fraction of sp³-hybridized carbons (Fsp3) is 0.412. The van der Waals surface area contributed by atoms with E-state index in [9.17, 15) is 4.39 Å². The maximum Gasteiger partial charge on any atom is 0.137 e. The van der Waals surface area contributed by atoms with Crippen molar-refractivity contribution in [3.63, 3.8) is 0 Å². The molecule has 0 amide bonds. The number of rotatable bonds is 4. The van der Waals surface area contributed by atoms with E-state index in [4.69, 9.17) is 0 Å². The van der Waals surface area contributed by atoms with Crippen molar-refractivity contribution >= 4 is 15.9 Å². The molecule has 3 heteroatoms. The average molecular weight is 338 g/mol. The third-order valence-corrected chi connectivity index (χ3v) is 3.11. The molecule has 1 aromatic carbocycles. The fourth-order valence-electron chi connectivity index (χ4n) is 1.56. The van der Waals surface area contributed by atoms with Gasteiger partial charge in [-0.25, -0.2) is 4.39 Å². The highest BCUT2D eigenvalue weighted by molar-refractivity contribution is 9.10. The highest BCUT2D eigenvalue weighted by Gasteiger charge is 2.03. The Morgan fingerprint density at radius 2 is 2.05 bits per heavy atom. The predicted octanol–water partition coefficient (Wildman–Crippen LogP) is 4.63. The summed E-state index contributed by atoms with van der Waals surface area (Å²) in [6, 6.07) is 5.10. The Balaban J connectivity index is 2.47. The van der Waals surface area contributed by atoms with Crippen molar-refractivity contribution in [1.82, 2.24) is 4.90 Å². The summed E-state index contributed by atoms with van der Waals surface area (Å²) in [6.07, 6.45) is 3.93. The van der Waals surface area contributed by atoms with Crippen molar-refractivity contribution in [3.05, 3.63) is 46.2 Å². The van der Waals surface area contributed by atoms with Crippen molar-refractivity contribution in [2.24, 2.45) is 5.41 Å². The van der Waals surface area contributed by atoms with Crippen LogP contribution in [0.4, 0.5) is 4.39 Å². The second-order valence-electron chi connectivity index (χ2n) is 5.87. The summed E-state index contributed by atoms with van der Waals surface area (Å²) in [6.45, 7) is 7.86. The highest BCUT2D eigenvalue weighted by Crippen LogP contribution is 2.17. The molecule has 0 atom stereocenters. The zero-order valence-electron chi connectivity index (χ0n) is 12.5. The number of halogens is 2. The smallest absolute Gasteiger partial charge is 0.137 e. The lowest BCUT2D eigenvalue weighted by molar-refractivity contribution is 0.363. The molecule has 0 spiro atoms. The Hall–Kier alpha value is -1.11. The summed E-state index contributed by atoms with van der Waals surface area (Å²) in [5.74, 6) is 5.97. The summed E-state index contributed by atoms with van der Waals surface area (Å²) < 4.78 is 13.6. The Morgan fingerprint density at radius 1 is 1.35 bits per heavy atom. The van der Waals surface area contributed by atoms with Gasteiger partial charge in [0.05, 0.1) is 4.47 Å². The van der Waals surface area contributed by atoms with Gasteiger partial charge in [0, 0.05) is 18.5 Å². The van der Waals surface area contributed by atoms with Gasteiger partial charge >= 0.3 is 0 Å². The molecular weight excluding hydrogens is 317 g/mol. The van der Waals surface area contributed by atoms with Crippen LogP contribution in [0, 0.1) is 23.1 Å². The Labute approximate surface area is 130 Å². The van der Waals surface area contributed by atoms with Crippen LogP contribution in [0.5, 0.6) is 0 Å². The lowest BCUT2D eigenvalue weighted by Gasteiger charge is -2.14. The third-order valence-electron chi connectivity index (χ3n) is 2.50. The summed E-state index contributed by atoms with van der Waals surface area (Å²) in [4.78, 5) is 2.15. The van der Waals surface area contributed by atoms with E-state index in [1.807, 2.05) is 25.3 Å². The van der Waals surface area contributed by atoms with E-state index < -0.39 is 0 Å². The lowest BCUT2D eigenvalue weighted by atomic mass is 9.98. The molecule has 0 unspecified atom stereocenters. The minimum absolute atomic E-state index is 0.0383. The van der Waals surface area contributed by atoms with Gasteiger partial charge in [-0.15, -0.1) is 0 Å². The highest BCUT2D eigenvalue weighted by atomic mass is 79.9. The molecule has 0 aliphatic carbocycles. The third kappa shape index (κ3) is 6.88. The zero-order chi connectivity index (χ0) is 15.2. The molecule has 0 aliphatic heterocycles. The molecule has 0 fully saturated rings. The van der Waals surface area contributed by atoms with Gasteiger partial charge < -0.3 is 0 Å². The molecule has 1 nitrogen and oxygen atoms in total. The molecule has 0 N–H and O–H groups in total. The molecule has 0 aliphatic rings. The zero-order valence-corrected chi connectivity index (χ0v) is 14.1. The van der Waals surface area contributed by atoms with Gasteiger partial charge in [-0.2, -0.15) is 0 Å². The maximum atomic E-state index is 13.1. The molecule has 1 aromatic rings. The number of benzene rings is 1. The molecular formula is C17H21BrFN. The molecule has 1 rings (SSSR count). The van der Waals surface area contributed by atoms with Crippen molar-refractivity contribution in [2.75, 3.05) is 13.6 Å². The topological polar surface area (TPSA) is 3.24 Å². The number of nitrogens with zero attached hydrogens (tertiary/aromatic N) is 1. The summed E-state index contributed by atoms with van der Waals surface area (Å²) in [7, 11) is 2.03. The number of allylic oxidation sites excluding steroid dienone is 1. The maximum absolute atomic E-state index is 13.1. The second kappa shape index (κ2) is 7.61. The quantitative estimate of drug-likeness (QED) is 0.724. The summed E-state index contributed by atoms with van der Waals surface area (Å²) in [5, 5.41) is 0. The minimum atomic E-state index is -0.228. The number of hydrogen-bond donors (Lipinski definition) is 0. The van der Waals surface area contributed by atoms with Crippen molar-refractivity contribution in [2.45, 2.75) is 27.3 Å². The lowest BCUT2D eigenvalue weighted by Crippen LogP contribution is -2.17. The second-order valence-corrected chi connectivity index (χ2v) is 6.72. The van der Waals surface area contributed by atoms with Crippen LogP contribution in [-0.4, -0.2) is 18.5 Å². The largest absolute Gasteiger partial charge is 0.298 e. The van der Waals surface area contributed by atoms with Crippen LogP contribution in [0.25, 0.3) is 0 Å². The van der Waals surface area contributed by atoms with Crippen LogP contribution in [0.2, 0.25) is 0 Å². The van der Waals surface area contributed by atoms with Gasteiger partial charge in [0.25, 0.3) is 0 Å². The predicted molar refractivity (Wildman–Crippen MR) is 86.8 cm³/mol. The van der Waals surface area contributed by atoms with Crippen LogP contribution < -0.4 is 0 Å². The SMILES string of the molecule is CN(C/C=C/C#CC(C)(C)C)Cc1ccc(F)c(Br)c1. The van der Waals surface area contributed by atoms with Gasteiger partial charge in [0.15, 0.2) is 0 Å². The molecule has 0 bridgehead atoms. The first kappa shape index (κ1) is 16.9. The monoisotopic (exact) mass is 337 g/mol. The van der Waals surface area contributed by atoms with Crippen molar-refractivity contribution in [3.8, 4) is 11.8 Å². The first-order chi connectivity index (χ1) is 9.28. The van der Waals surface area contributed by atoms with Crippen LogP contribution in [-0.2, 0) is 6.54 Å². The molecule has 0 heterocycles. The van der Waals surface area contributed by atoms with Gasteiger partial charge in [-0.3, -0.25) is 4.90 Å². The first-order valence-electron chi connectivity index (χ1n) is 6.58. The van der Waals surface area contributed by atoms with Gasteiger partial charge in [-0.1, -0.05) is 24.0 Å². The van der Waals surface area contributed by atoms with Gasteiger partial charge in [0.1, 0.15) is 5.82 Å². The normalized spacial score (nSPS) is 11.8. The number of hydrogen-bond acceptors (Lipinski definition) is 1. The van der Waals surface area contributed by atoms with E-state index in [1.54, 1.807) is 6.07 Å². The Bertz CT molecular complexity index is 532. The molecule has 0 radical (unpaired) electrons. The molecule has 108 valence electrons. The molecule has 0 saturated carbocycles. The fourth-order valence-corrected chi connectivity index (χ4v) is 1.99. The molecule has 0 aromatic heterocycles. The summed E-state index contributed by atoms with van der Waals surface area (Å²) >= 11 is 3.20. The molecule has 20 heavy (non-hydrogen) atoms. The van der Waals surface area contributed by atoms with E-state index in [0.717, 1.165) is 18.7 Å². The van der Waals surface area contributed by atoms with Crippen LogP contribution in [0.15, 0.2) is 34.8 Å². The van der Waals surface area contributed by atoms with Crippen LogP contribution in [0.1, 0.15) is 26.3 Å². The van der Waals surface area contributed by atoms with E-state index in [-0.39, 0.29) is 11.2 Å². The molecule has 0 saturated heterocycles. The van der Waals surface area contributed by atoms with Crippen LogP contribution >= 0.6 is 15.9 Å². The Kier molecular flexibility index (Phi) is 6.45. The van der Waals surface area contributed by atoms with Crippen molar-refractivity contribution < 1.29 is 4.39 Å².